The first kappa shape index (κ1) is 17.8. The number of benzene rings is 3. The molecule has 4 rings (SSSR count). The van der Waals surface area contributed by atoms with E-state index in [0.717, 1.165) is 27.2 Å². The highest BCUT2D eigenvalue weighted by Gasteiger charge is 2.19. The molecule has 0 aliphatic carbocycles. The Labute approximate surface area is 162 Å². The van der Waals surface area contributed by atoms with Crippen molar-refractivity contribution < 1.29 is 14.3 Å². The van der Waals surface area contributed by atoms with Crippen molar-refractivity contribution in [2.45, 2.75) is 19.4 Å². The molecular formula is C23H20N2O3. The summed E-state index contributed by atoms with van der Waals surface area (Å²) in [5.41, 5.74) is 2.51. The zero-order chi connectivity index (χ0) is 19.5. The highest BCUT2D eigenvalue weighted by Crippen LogP contribution is 2.23. The molecule has 0 aliphatic rings. The van der Waals surface area contributed by atoms with Gasteiger partial charge in [0, 0.05) is 28.2 Å². The van der Waals surface area contributed by atoms with Crippen molar-refractivity contribution in [1.29, 1.82) is 0 Å². The predicted octanol–water partition coefficient (Wildman–Crippen LogP) is 4.43. The average molecular weight is 372 g/mol. The van der Waals surface area contributed by atoms with Crippen LogP contribution in [0.4, 0.5) is 5.69 Å². The molecule has 0 saturated heterocycles. The van der Waals surface area contributed by atoms with E-state index in [0.29, 0.717) is 5.69 Å². The van der Waals surface area contributed by atoms with Crippen molar-refractivity contribution >= 4 is 39.2 Å². The van der Waals surface area contributed by atoms with Crippen LogP contribution < -0.4 is 5.32 Å². The molecule has 3 aromatic carbocycles. The van der Waals surface area contributed by atoms with Crippen LogP contribution in [0.1, 0.15) is 12.5 Å². The fourth-order valence-electron chi connectivity index (χ4n) is 3.29. The Hall–Kier alpha value is -3.60. The number of esters is 1. The first-order valence-corrected chi connectivity index (χ1v) is 9.15. The van der Waals surface area contributed by atoms with Crippen LogP contribution in [0.3, 0.4) is 0 Å². The van der Waals surface area contributed by atoms with Gasteiger partial charge in [-0.25, -0.2) is 0 Å². The van der Waals surface area contributed by atoms with Crippen LogP contribution in [0.15, 0.2) is 72.9 Å². The SMILES string of the molecule is C[C@@H](OC(=O)Cc1c[nH]c2ccccc12)C(=O)Nc1cccc2ccccc12. The summed E-state index contributed by atoms with van der Waals surface area (Å²) in [5.74, 6) is -0.797. The van der Waals surface area contributed by atoms with E-state index in [4.69, 9.17) is 4.74 Å². The second kappa shape index (κ2) is 7.56. The van der Waals surface area contributed by atoms with E-state index in [9.17, 15) is 9.59 Å². The lowest BCUT2D eigenvalue weighted by atomic mass is 10.1. The summed E-state index contributed by atoms with van der Waals surface area (Å²) in [6.45, 7) is 1.58. The number of aromatic amines is 1. The van der Waals surface area contributed by atoms with E-state index < -0.39 is 12.1 Å². The summed E-state index contributed by atoms with van der Waals surface area (Å²) in [7, 11) is 0. The van der Waals surface area contributed by atoms with Crippen LogP contribution in [0, 0.1) is 0 Å². The molecule has 0 aliphatic heterocycles. The summed E-state index contributed by atoms with van der Waals surface area (Å²) in [6, 6.07) is 21.2. The number of carbonyl (C=O) groups is 2. The number of ether oxygens (including phenoxy) is 1. The molecule has 140 valence electrons. The van der Waals surface area contributed by atoms with Crippen LogP contribution in [0.25, 0.3) is 21.7 Å². The molecule has 1 atom stereocenters. The molecule has 0 bridgehead atoms. The van der Waals surface area contributed by atoms with E-state index >= 15 is 0 Å². The molecule has 0 radical (unpaired) electrons. The van der Waals surface area contributed by atoms with Gasteiger partial charge in [0.1, 0.15) is 0 Å². The topological polar surface area (TPSA) is 71.2 Å². The lowest BCUT2D eigenvalue weighted by Crippen LogP contribution is -2.30. The second-order valence-electron chi connectivity index (χ2n) is 6.68. The third-order valence-corrected chi connectivity index (χ3v) is 4.73. The van der Waals surface area contributed by atoms with Crippen molar-refractivity contribution in [3.05, 3.63) is 78.5 Å². The number of hydrogen-bond donors (Lipinski definition) is 2. The zero-order valence-corrected chi connectivity index (χ0v) is 15.4. The molecule has 2 N–H and O–H groups in total. The quantitative estimate of drug-likeness (QED) is 0.509. The Bertz CT molecular complexity index is 1160. The Morgan fingerprint density at radius 3 is 2.54 bits per heavy atom. The molecule has 28 heavy (non-hydrogen) atoms. The lowest BCUT2D eigenvalue weighted by molar-refractivity contribution is -0.152. The van der Waals surface area contributed by atoms with Gasteiger partial charge in [-0.3, -0.25) is 9.59 Å². The molecule has 1 amide bonds. The number of carbonyl (C=O) groups excluding carboxylic acids is 2. The predicted molar refractivity (Wildman–Crippen MR) is 110 cm³/mol. The molecular weight excluding hydrogens is 352 g/mol. The van der Waals surface area contributed by atoms with Crippen molar-refractivity contribution in [3.8, 4) is 0 Å². The Balaban J connectivity index is 1.42. The number of para-hydroxylation sites is 1. The maximum atomic E-state index is 12.5. The normalized spacial score (nSPS) is 12.0. The van der Waals surface area contributed by atoms with Gasteiger partial charge < -0.3 is 15.0 Å². The third-order valence-electron chi connectivity index (χ3n) is 4.73. The van der Waals surface area contributed by atoms with Gasteiger partial charge in [0.25, 0.3) is 5.91 Å². The van der Waals surface area contributed by atoms with Crippen LogP contribution in [0.2, 0.25) is 0 Å². The summed E-state index contributed by atoms with van der Waals surface area (Å²) >= 11 is 0. The number of fused-ring (bicyclic) bond motifs is 2. The number of rotatable bonds is 5. The fourth-order valence-corrected chi connectivity index (χ4v) is 3.29. The average Bonchev–Trinajstić information content (AvgIpc) is 3.11. The maximum Gasteiger partial charge on any atom is 0.311 e. The number of amides is 1. The molecule has 1 heterocycles. The molecule has 4 aromatic rings. The van der Waals surface area contributed by atoms with E-state index in [2.05, 4.69) is 10.3 Å². The van der Waals surface area contributed by atoms with E-state index in [-0.39, 0.29) is 12.3 Å². The molecule has 0 saturated carbocycles. The van der Waals surface area contributed by atoms with Gasteiger partial charge in [0.15, 0.2) is 6.10 Å². The molecule has 0 unspecified atom stereocenters. The minimum atomic E-state index is -0.892. The van der Waals surface area contributed by atoms with Crippen molar-refractivity contribution in [2.75, 3.05) is 5.32 Å². The molecule has 0 spiro atoms. The molecule has 0 fully saturated rings. The van der Waals surface area contributed by atoms with Crippen LogP contribution in [0.5, 0.6) is 0 Å². The van der Waals surface area contributed by atoms with E-state index in [1.807, 2.05) is 66.7 Å². The standard InChI is InChI=1S/C23H20N2O3/c1-15(23(27)25-21-12-6-8-16-7-2-3-9-18(16)21)28-22(26)13-17-14-24-20-11-5-4-10-19(17)20/h2-12,14-15,24H,13H2,1H3,(H,25,27)/t15-/m1/s1. The van der Waals surface area contributed by atoms with E-state index in [1.165, 1.54) is 0 Å². The molecule has 5 heteroatoms. The van der Waals surface area contributed by atoms with Gasteiger partial charge in [-0.15, -0.1) is 0 Å². The number of H-pyrrole nitrogens is 1. The first-order valence-electron chi connectivity index (χ1n) is 9.15. The van der Waals surface area contributed by atoms with Crippen molar-refractivity contribution in [3.63, 3.8) is 0 Å². The molecule has 5 nitrogen and oxygen atoms in total. The van der Waals surface area contributed by atoms with Crippen molar-refractivity contribution in [2.24, 2.45) is 0 Å². The summed E-state index contributed by atoms with van der Waals surface area (Å²) < 4.78 is 5.35. The van der Waals surface area contributed by atoms with Gasteiger partial charge in [-0.2, -0.15) is 0 Å². The highest BCUT2D eigenvalue weighted by molar-refractivity contribution is 6.03. The Kier molecular flexibility index (Phi) is 4.81. The number of aromatic nitrogens is 1. The van der Waals surface area contributed by atoms with E-state index in [1.54, 1.807) is 13.1 Å². The summed E-state index contributed by atoms with van der Waals surface area (Å²) in [5, 5.41) is 5.81. The minimum Gasteiger partial charge on any atom is -0.452 e. The van der Waals surface area contributed by atoms with Crippen molar-refractivity contribution in [1.82, 2.24) is 4.98 Å². The number of hydrogen-bond acceptors (Lipinski definition) is 3. The fraction of sp³-hybridized carbons (Fsp3) is 0.130. The van der Waals surface area contributed by atoms with Gasteiger partial charge >= 0.3 is 5.97 Å². The highest BCUT2D eigenvalue weighted by atomic mass is 16.5. The van der Waals surface area contributed by atoms with Crippen LogP contribution in [-0.2, 0) is 20.7 Å². The maximum absolute atomic E-state index is 12.5. The first-order chi connectivity index (χ1) is 13.6. The second-order valence-corrected chi connectivity index (χ2v) is 6.68. The van der Waals surface area contributed by atoms with Crippen LogP contribution >= 0.6 is 0 Å². The summed E-state index contributed by atoms with van der Waals surface area (Å²) in [6.07, 6.45) is 1.01. The summed E-state index contributed by atoms with van der Waals surface area (Å²) in [4.78, 5) is 28.0. The van der Waals surface area contributed by atoms with Gasteiger partial charge in [-0.05, 0) is 30.0 Å². The lowest BCUT2D eigenvalue weighted by Gasteiger charge is -2.14. The Morgan fingerprint density at radius 2 is 1.68 bits per heavy atom. The van der Waals surface area contributed by atoms with Gasteiger partial charge in [0.2, 0.25) is 0 Å². The Morgan fingerprint density at radius 1 is 0.964 bits per heavy atom. The minimum absolute atomic E-state index is 0.107. The zero-order valence-electron chi connectivity index (χ0n) is 15.4. The third kappa shape index (κ3) is 3.60. The number of anilines is 1. The smallest absolute Gasteiger partial charge is 0.311 e. The van der Waals surface area contributed by atoms with Gasteiger partial charge in [-0.1, -0.05) is 54.6 Å². The van der Waals surface area contributed by atoms with Crippen LogP contribution in [-0.4, -0.2) is 23.0 Å². The molecule has 1 aromatic heterocycles. The van der Waals surface area contributed by atoms with Gasteiger partial charge in [0.05, 0.1) is 6.42 Å². The largest absolute Gasteiger partial charge is 0.452 e. The number of nitrogens with one attached hydrogen (secondary N) is 2. The monoisotopic (exact) mass is 372 g/mol.